The minimum atomic E-state index is -0.630. The van der Waals surface area contributed by atoms with Crippen LogP contribution in [0.15, 0.2) is 41.2 Å². The van der Waals surface area contributed by atoms with E-state index in [-0.39, 0.29) is 25.4 Å². The summed E-state index contributed by atoms with van der Waals surface area (Å²) >= 11 is 0. The van der Waals surface area contributed by atoms with Crippen molar-refractivity contribution in [2.45, 2.75) is 33.7 Å². The fourth-order valence-corrected chi connectivity index (χ4v) is 4.03. The number of rotatable bonds is 9. The third kappa shape index (κ3) is 4.90. The van der Waals surface area contributed by atoms with Crippen LogP contribution in [-0.2, 0) is 22.6 Å². The molecule has 9 heteroatoms. The Hall–Kier alpha value is -4.06. The number of nitrogens with one attached hydrogen (secondary N) is 1. The van der Waals surface area contributed by atoms with Crippen LogP contribution < -0.4 is 21.2 Å². The molecule has 172 valence electrons. The first kappa shape index (κ1) is 23.6. The van der Waals surface area contributed by atoms with Crippen LogP contribution in [0.1, 0.15) is 25.0 Å². The number of nitrogens with two attached hydrogens (primary N) is 1. The Labute approximate surface area is 192 Å². The SMILES string of the molecule is CCN(CC)c1ccc(N(CC(N)=O)C(=O)Cc2c(C)ccc3[nH]c(=O)n(CC#N)c23)cc1. The summed E-state index contributed by atoms with van der Waals surface area (Å²) in [5, 5.41) is 9.14. The molecule has 0 saturated heterocycles. The molecule has 3 rings (SSSR count). The van der Waals surface area contributed by atoms with Gasteiger partial charge in [-0.2, -0.15) is 5.26 Å². The lowest BCUT2D eigenvalue weighted by Crippen LogP contribution is -2.39. The van der Waals surface area contributed by atoms with Crippen LogP contribution in [0, 0.1) is 18.3 Å². The van der Waals surface area contributed by atoms with Gasteiger partial charge in [-0.1, -0.05) is 6.07 Å². The van der Waals surface area contributed by atoms with Gasteiger partial charge in [-0.05, 0) is 62.2 Å². The van der Waals surface area contributed by atoms with Crippen LogP contribution >= 0.6 is 0 Å². The van der Waals surface area contributed by atoms with Gasteiger partial charge in [-0.15, -0.1) is 0 Å². The summed E-state index contributed by atoms with van der Waals surface area (Å²) in [5.74, 6) is -0.966. The van der Waals surface area contributed by atoms with Crippen molar-refractivity contribution in [2.75, 3.05) is 29.4 Å². The topological polar surface area (TPSA) is 128 Å². The molecule has 3 N–H and O–H groups in total. The second-order valence-electron chi connectivity index (χ2n) is 7.74. The van der Waals surface area contributed by atoms with Crippen molar-refractivity contribution in [1.29, 1.82) is 5.26 Å². The van der Waals surface area contributed by atoms with E-state index >= 15 is 0 Å². The number of benzene rings is 2. The number of amides is 2. The number of aryl methyl sites for hydroxylation is 1. The van der Waals surface area contributed by atoms with Crippen molar-refractivity contribution in [3.8, 4) is 6.07 Å². The number of anilines is 2. The van der Waals surface area contributed by atoms with E-state index in [1.54, 1.807) is 18.2 Å². The molecule has 0 radical (unpaired) electrons. The molecule has 0 unspecified atom stereocenters. The molecule has 1 heterocycles. The van der Waals surface area contributed by atoms with Crippen molar-refractivity contribution in [1.82, 2.24) is 9.55 Å². The van der Waals surface area contributed by atoms with Crippen molar-refractivity contribution < 1.29 is 9.59 Å². The van der Waals surface area contributed by atoms with Crippen LogP contribution in [0.5, 0.6) is 0 Å². The van der Waals surface area contributed by atoms with Gasteiger partial charge in [-0.25, -0.2) is 4.79 Å². The maximum atomic E-state index is 13.4. The van der Waals surface area contributed by atoms with Crippen LogP contribution in [0.2, 0.25) is 0 Å². The number of hydrogen-bond donors (Lipinski definition) is 2. The fourth-order valence-electron chi connectivity index (χ4n) is 4.03. The third-order valence-corrected chi connectivity index (χ3v) is 5.74. The molecular weight excluding hydrogens is 420 g/mol. The predicted octanol–water partition coefficient (Wildman–Crippen LogP) is 2.07. The Balaban J connectivity index is 2.00. The Morgan fingerprint density at radius 1 is 1.09 bits per heavy atom. The number of H-pyrrole nitrogens is 1. The summed E-state index contributed by atoms with van der Waals surface area (Å²) in [6.07, 6.45) is -0.0586. The number of primary amides is 1. The summed E-state index contributed by atoms with van der Waals surface area (Å²) in [5.41, 5.74) is 9.11. The quantitative estimate of drug-likeness (QED) is 0.518. The summed E-state index contributed by atoms with van der Waals surface area (Å²) < 4.78 is 1.32. The second kappa shape index (κ2) is 10.0. The van der Waals surface area contributed by atoms with Gasteiger partial charge in [0.05, 0.1) is 23.5 Å². The zero-order valence-electron chi connectivity index (χ0n) is 19.1. The fraction of sp³-hybridized carbons (Fsp3) is 0.333. The summed E-state index contributed by atoms with van der Waals surface area (Å²) in [4.78, 5) is 43.7. The summed E-state index contributed by atoms with van der Waals surface area (Å²) in [6.45, 7) is 7.27. The molecular formula is C24H28N6O3. The average molecular weight is 449 g/mol. The molecule has 2 amide bonds. The molecule has 0 bridgehead atoms. The van der Waals surface area contributed by atoms with E-state index in [1.807, 2.05) is 31.2 Å². The number of aromatic amines is 1. The number of nitriles is 1. The summed E-state index contributed by atoms with van der Waals surface area (Å²) in [6, 6.07) is 13.0. The lowest BCUT2D eigenvalue weighted by molar-refractivity contribution is -0.122. The number of fused-ring (bicyclic) bond motifs is 1. The van der Waals surface area contributed by atoms with E-state index in [0.717, 1.165) is 24.3 Å². The van der Waals surface area contributed by atoms with Crippen LogP contribution in [-0.4, -0.2) is 41.0 Å². The molecule has 1 aromatic heterocycles. The monoisotopic (exact) mass is 448 g/mol. The lowest BCUT2D eigenvalue weighted by atomic mass is 10.0. The standard InChI is InChI=1S/C24H28N6O3/c1-4-28(5-2)17-7-9-18(10-8-17)30(15-21(26)31)22(32)14-19-16(3)6-11-20-23(19)29(13-12-25)24(33)27-20/h6-11H,4-5,13-15H2,1-3H3,(H2,26,31)(H,27,33). The van der Waals surface area contributed by atoms with Crippen molar-refractivity contribution in [3.63, 3.8) is 0 Å². The van der Waals surface area contributed by atoms with E-state index in [1.165, 1.54) is 9.47 Å². The van der Waals surface area contributed by atoms with Gasteiger partial charge < -0.3 is 20.5 Å². The van der Waals surface area contributed by atoms with Gasteiger partial charge in [0.2, 0.25) is 11.8 Å². The molecule has 0 aliphatic heterocycles. The second-order valence-corrected chi connectivity index (χ2v) is 7.74. The van der Waals surface area contributed by atoms with Gasteiger partial charge in [-0.3, -0.25) is 14.2 Å². The molecule has 2 aromatic carbocycles. The normalized spacial score (nSPS) is 10.7. The highest BCUT2D eigenvalue weighted by Gasteiger charge is 2.22. The number of nitrogens with zero attached hydrogens (tertiary/aromatic N) is 4. The number of hydrogen-bond acceptors (Lipinski definition) is 5. The highest BCUT2D eigenvalue weighted by molar-refractivity contribution is 6.01. The lowest BCUT2D eigenvalue weighted by Gasteiger charge is -2.25. The van der Waals surface area contributed by atoms with E-state index < -0.39 is 11.6 Å². The van der Waals surface area contributed by atoms with Gasteiger partial charge >= 0.3 is 5.69 Å². The van der Waals surface area contributed by atoms with E-state index in [4.69, 9.17) is 11.0 Å². The minimum Gasteiger partial charge on any atom is -0.372 e. The Kier molecular flexibility index (Phi) is 7.18. The zero-order valence-corrected chi connectivity index (χ0v) is 19.1. The summed E-state index contributed by atoms with van der Waals surface area (Å²) in [7, 11) is 0. The van der Waals surface area contributed by atoms with Gasteiger partial charge in [0.15, 0.2) is 0 Å². The van der Waals surface area contributed by atoms with Gasteiger partial charge in [0.25, 0.3) is 0 Å². The van der Waals surface area contributed by atoms with Crippen LogP contribution in [0.4, 0.5) is 11.4 Å². The van der Waals surface area contributed by atoms with E-state index in [2.05, 4.69) is 23.7 Å². The van der Waals surface area contributed by atoms with E-state index in [0.29, 0.717) is 22.3 Å². The number of aromatic nitrogens is 2. The minimum absolute atomic E-state index is 0.0586. The maximum absolute atomic E-state index is 13.4. The van der Waals surface area contributed by atoms with Crippen molar-refractivity contribution >= 4 is 34.2 Å². The molecule has 9 nitrogen and oxygen atoms in total. The molecule has 0 aliphatic rings. The Morgan fingerprint density at radius 3 is 2.30 bits per heavy atom. The zero-order chi connectivity index (χ0) is 24.1. The largest absolute Gasteiger partial charge is 0.372 e. The molecule has 0 aliphatic carbocycles. The number of imidazole rings is 1. The molecule has 3 aromatic rings. The smallest absolute Gasteiger partial charge is 0.327 e. The molecule has 0 fully saturated rings. The third-order valence-electron chi connectivity index (χ3n) is 5.74. The van der Waals surface area contributed by atoms with Crippen molar-refractivity contribution in [2.24, 2.45) is 5.73 Å². The Bertz CT molecular complexity index is 1260. The molecule has 0 spiro atoms. The highest BCUT2D eigenvalue weighted by Crippen LogP contribution is 2.25. The van der Waals surface area contributed by atoms with Crippen LogP contribution in [0.25, 0.3) is 11.0 Å². The van der Waals surface area contributed by atoms with E-state index in [9.17, 15) is 14.4 Å². The predicted molar refractivity (Wildman–Crippen MR) is 128 cm³/mol. The Morgan fingerprint density at radius 2 is 1.73 bits per heavy atom. The van der Waals surface area contributed by atoms with Gasteiger partial charge in [0.1, 0.15) is 13.1 Å². The molecule has 0 atom stereocenters. The highest BCUT2D eigenvalue weighted by atomic mass is 16.2. The number of carbonyl (C=O) groups excluding carboxylic acids is 2. The first-order valence-electron chi connectivity index (χ1n) is 10.8. The molecule has 33 heavy (non-hydrogen) atoms. The average Bonchev–Trinajstić information content (AvgIpc) is 3.11. The first-order chi connectivity index (χ1) is 15.8. The van der Waals surface area contributed by atoms with Gasteiger partial charge in [0, 0.05) is 24.5 Å². The van der Waals surface area contributed by atoms with Crippen LogP contribution in [0.3, 0.4) is 0 Å². The maximum Gasteiger partial charge on any atom is 0.327 e. The van der Waals surface area contributed by atoms with Crippen molar-refractivity contribution in [3.05, 3.63) is 58.0 Å². The molecule has 0 saturated carbocycles. The first-order valence-corrected chi connectivity index (χ1v) is 10.8. The number of carbonyl (C=O) groups is 2.